The number of hydrogen-bond donors (Lipinski definition) is 1. The standard InChI is InChI=1S/C34H35N2.C21H23N2.C18H10O.C17H14N2O.C12H7N2S.C5H8O2.2Ir/c1-3-11-23(12-4-1)26-17-10-18-27(24-13-5-2-6-14-24)33(26)31-22-35-21-25-15-9-19-29-28-16-7-8-20-30(28)36(31)34(35)32(25)29;1-15(2)18-11-8-12-19(16(3)4)20(18)23-14-13-22-21(23)17-9-6-5-7-10-17;1-2-7-13(8-3-1)14-10-6-11-16-15-9-4-5-12-17(15)19-18(14)16;1-18-8-9-19-15(18)10-11-6-7-13-12-4-2-3-5-14(12)20-17(13)16(11)19;1-2-4-9(5-3-1)11-10-6-7-15-12(10)14-8-13-11;1-4(6)3-5(2)7;;/h7-10,15-20,22-24H,1-6,11-14,21H2;5-9,11-16H,1-4H3;1-7,9,11-12H;2-9,15H,10H2,1H3;1-4,6-8H;3,6H,1-2H3;;/q+1;-1;-2;;-1;;;+3. The average Bonchev–Trinajstić information content (AvgIpc) is 1.54. The van der Waals surface area contributed by atoms with Crippen molar-refractivity contribution in [1.82, 2.24) is 28.8 Å². The molecule has 0 bridgehead atoms. The number of aliphatic hydroxyl groups is 1. The number of aromatic nitrogens is 6. The van der Waals surface area contributed by atoms with E-state index in [2.05, 4.69) is 243 Å². The van der Waals surface area contributed by atoms with Crippen molar-refractivity contribution in [2.75, 3.05) is 11.9 Å². The van der Waals surface area contributed by atoms with Gasteiger partial charge in [0.1, 0.15) is 46.7 Å². The van der Waals surface area contributed by atoms with E-state index in [4.69, 9.17) is 13.9 Å². The van der Waals surface area contributed by atoms with E-state index in [0.717, 1.165) is 90.1 Å². The third kappa shape index (κ3) is 16.7. The monoisotopic (exact) mass is 1980 g/mol. The van der Waals surface area contributed by atoms with Crippen LogP contribution in [-0.4, -0.2) is 52.9 Å². The normalized spacial score (nSPS) is 14.7. The number of thiophene rings is 1. The van der Waals surface area contributed by atoms with Gasteiger partial charge in [0, 0.05) is 114 Å². The zero-order valence-electron chi connectivity index (χ0n) is 69.8. The minimum absolute atomic E-state index is 0. The van der Waals surface area contributed by atoms with Crippen LogP contribution < -0.4 is 9.47 Å². The molecule has 2 fully saturated rings. The van der Waals surface area contributed by atoms with E-state index in [0.29, 0.717) is 29.8 Å². The molecule has 5 aliphatic rings. The molecule has 0 saturated heterocycles. The molecule has 1 N–H and O–H groups in total. The molecule has 122 heavy (non-hydrogen) atoms. The first-order valence-electron chi connectivity index (χ1n) is 42.4. The number of allylic oxidation sites excluding steroid dienone is 2. The number of ketones is 1. The summed E-state index contributed by atoms with van der Waals surface area (Å²) in [6.07, 6.45) is 28.7. The number of fused-ring (bicyclic) bond motifs is 14. The Bertz CT molecular complexity index is 6760. The maximum absolute atomic E-state index is 10.0. The zero-order chi connectivity index (χ0) is 81.9. The second-order valence-corrected chi connectivity index (χ2v) is 33.6. The van der Waals surface area contributed by atoms with Crippen LogP contribution in [0.15, 0.2) is 294 Å². The molecule has 1 radical (unpaired) electrons. The molecule has 18 aromatic rings. The van der Waals surface area contributed by atoms with Crippen molar-refractivity contribution < 1.29 is 63.5 Å². The van der Waals surface area contributed by atoms with Gasteiger partial charge >= 0.3 is 20.1 Å². The zero-order valence-corrected chi connectivity index (χ0v) is 75.4. The van der Waals surface area contributed by atoms with Crippen molar-refractivity contribution in [3.8, 4) is 50.7 Å². The summed E-state index contributed by atoms with van der Waals surface area (Å²) in [6.45, 7) is 12.8. The molecular formula is C107H97Ir2N8O4S. The quantitative estimate of drug-likeness (QED) is 0.0469. The second-order valence-electron chi connectivity index (χ2n) is 32.7. The van der Waals surface area contributed by atoms with Crippen molar-refractivity contribution in [1.29, 1.82) is 0 Å². The molecule has 23 rings (SSSR count). The molecule has 3 aliphatic heterocycles. The van der Waals surface area contributed by atoms with E-state index < -0.39 is 0 Å². The Labute approximate surface area is 744 Å². The molecule has 12 nitrogen and oxygen atoms in total. The number of carbonyl (C=O) groups is 1. The summed E-state index contributed by atoms with van der Waals surface area (Å²) in [5.41, 5.74) is 25.8. The number of rotatable bonds is 10. The summed E-state index contributed by atoms with van der Waals surface area (Å²) in [5, 5.41) is 20.4. The first kappa shape index (κ1) is 84.0. The Morgan fingerprint density at radius 2 is 1.15 bits per heavy atom. The predicted octanol–water partition coefficient (Wildman–Crippen LogP) is 27.0. The second kappa shape index (κ2) is 37.4. The number of carbonyl (C=O) groups excluding carboxylic acids is 1. The molecule has 613 valence electrons. The number of likely N-dealkylation sites (N-methyl/N-ethyl adjacent to an activating group) is 1. The first-order chi connectivity index (χ1) is 58.8. The minimum Gasteiger partial charge on any atom is -0.512 e. The summed E-state index contributed by atoms with van der Waals surface area (Å²) < 4.78 is 19.5. The molecule has 0 spiro atoms. The van der Waals surface area contributed by atoms with E-state index in [1.807, 2.05) is 121 Å². The van der Waals surface area contributed by atoms with Crippen molar-refractivity contribution in [2.24, 2.45) is 0 Å². The van der Waals surface area contributed by atoms with Gasteiger partial charge in [-0.1, -0.05) is 193 Å². The van der Waals surface area contributed by atoms with Crippen molar-refractivity contribution in [3.05, 3.63) is 343 Å². The topological polar surface area (TPSA) is 122 Å². The first-order valence-corrected chi connectivity index (χ1v) is 43.3. The number of anilines is 1. The SMILES string of the molecule is CC(=O)C=C(C)O.CC(C)c1cccc(C(C)C)c1-n1ccnc1-c1[c-]cccc1.CN1C=CN2c3c(ccc4c3oc3ccccc34)CC12.[Ir+3].[Ir].[c-]1ccccc1-c1[c-]ccc2c1oc1ccccc12.[c-]1ccccc1-c1ncnc2sccc12.c1cc(C2CCCCC2)c(-c2c[n+]3c4c5c(cccc5c5ccccc5n24)C3)c(C2CCCCC2)c1. The van der Waals surface area contributed by atoms with Crippen LogP contribution >= 0.6 is 11.3 Å². The summed E-state index contributed by atoms with van der Waals surface area (Å²) in [6, 6.07) is 93.6. The third-order valence-electron chi connectivity index (χ3n) is 24.3. The largest absolute Gasteiger partial charge is 3.00 e. The number of hydrogen-bond acceptors (Lipinski definition) is 10. The number of aliphatic hydroxyl groups excluding tert-OH is 1. The van der Waals surface area contributed by atoms with Crippen LogP contribution in [0.25, 0.3) is 132 Å². The smallest absolute Gasteiger partial charge is 0.512 e. The Morgan fingerprint density at radius 1 is 0.557 bits per heavy atom. The van der Waals surface area contributed by atoms with Crippen molar-refractivity contribution in [3.63, 3.8) is 0 Å². The summed E-state index contributed by atoms with van der Waals surface area (Å²) in [5.74, 6) is 3.19. The average molecular weight is 1980 g/mol. The molecule has 2 aliphatic carbocycles. The van der Waals surface area contributed by atoms with Crippen LogP contribution in [-0.2, 0) is 58.0 Å². The van der Waals surface area contributed by atoms with Crippen LogP contribution in [0, 0.1) is 24.3 Å². The molecular weight excluding hydrogens is 1880 g/mol. The molecule has 1 atom stereocenters. The summed E-state index contributed by atoms with van der Waals surface area (Å²) in [7, 11) is 2.13. The van der Waals surface area contributed by atoms with Gasteiger partial charge in [-0.15, -0.1) is 95.3 Å². The van der Waals surface area contributed by atoms with Gasteiger partial charge in [0.15, 0.2) is 17.1 Å². The predicted molar refractivity (Wildman–Crippen MR) is 491 cm³/mol. The molecule has 2 saturated carbocycles. The Morgan fingerprint density at radius 3 is 1.78 bits per heavy atom. The van der Waals surface area contributed by atoms with E-state index >= 15 is 0 Å². The van der Waals surface area contributed by atoms with Crippen molar-refractivity contribution >= 4 is 104 Å². The number of benzene rings is 11. The van der Waals surface area contributed by atoms with Gasteiger partial charge in [-0.2, -0.15) is 46.4 Å². The molecule has 10 heterocycles. The Hall–Kier alpha value is -11.7. The van der Waals surface area contributed by atoms with Crippen LogP contribution in [0.3, 0.4) is 0 Å². The molecule has 1 unspecified atom stereocenters. The fourth-order valence-corrected chi connectivity index (χ4v) is 19.5. The maximum atomic E-state index is 10.0. The Balaban J connectivity index is 0.000000114. The van der Waals surface area contributed by atoms with E-state index in [9.17, 15) is 4.79 Å². The van der Waals surface area contributed by atoms with Gasteiger partial charge in [0.05, 0.1) is 22.7 Å². The minimum atomic E-state index is -0.125. The van der Waals surface area contributed by atoms with E-state index in [-0.39, 0.29) is 51.8 Å². The van der Waals surface area contributed by atoms with Gasteiger partial charge in [-0.25, -0.2) is 15.1 Å². The van der Waals surface area contributed by atoms with Gasteiger partial charge in [0.2, 0.25) is 0 Å². The van der Waals surface area contributed by atoms with Crippen LogP contribution in [0.5, 0.6) is 0 Å². The summed E-state index contributed by atoms with van der Waals surface area (Å²) >= 11 is 1.63. The van der Waals surface area contributed by atoms with Crippen molar-refractivity contribution in [2.45, 2.75) is 149 Å². The van der Waals surface area contributed by atoms with E-state index in [1.165, 1.54) is 162 Å². The third-order valence-corrected chi connectivity index (χ3v) is 25.1. The fourth-order valence-electron chi connectivity index (χ4n) is 18.8. The van der Waals surface area contributed by atoms with Crippen LogP contribution in [0.1, 0.15) is 163 Å². The van der Waals surface area contributed by atoms with Gasteiger partial charge < -0.3 is 28.3 Å². The van der Waals surface area contributed by atoms with Gasteiger partial charge in [-0.3, -0.25) is 14.8 Å². The Kier molecular flexibility index (Phi) is 25.7. The van der Waals surface area contributed by atoms with Gasteiger partial charge in [0.25, 0.3) is 5.65 Å². The van der Waals surface area contributed by atoms with E-state index in [1.54, 1.807) is 34.4 Å². The van der Waals surface area contributed by atoms with Crippen LogP contribution in [0.2, 0.25) is 0 Å². The number of pyridine rings is 1. The summed E-state index contributed by atoms with van der Waals surface area (Å²) in [4.78, 5) is 28.8. The number of nitrogens with zero attached hydrogens (tertiary/aromatic N) is 8. The number of imidazole rings is 2. The van der Waals surface area contributed by atoms with Crippen LogP contribution in [0.4, 0.5) is 5.69 Å². The number of furan rings is 2. The fraction of sp³-hybridized carbons (Fsp3) is 0.224. The molecule has 11 aromatic carbocycles. The number of para-hydroxylation sites is 4. The molecule has 0 amide bonds. The van der Waals surface area contributed by atoms with Gasteiger partial charge in [-0.05, 0) is 132 Å². The maximum Gasteiger partial charge on any atom is 3.00 e. The molecule has 15 heteroatoms. The molecule has 7 aromatic heterocycles.